The highest BCUT2D eigenvalue weighted by molar-refractivity contribution is 5.96. The molecular weight excluding hydrogens is 236 g/mol. The standard InChI is InChI=1S/C12H12N2O4/c1-7-3-4-9-8(13-7)5-10(18-9)12(17)14(2)6-11(15)16/h3-5H,6H2,1-2H3,(H,15,16). The molecule has 6 heteroatoms. The number of fused-ring (bicyclic) bond motifs is 1. The zero-order valence-corrected chi connectivity index (χ0v) is 10.0. The number of rotatable bonds is 3. The van der Waals surface area contributed by atoms with Gasteiger partial charge in [-0.3, -0.25) is 9.59 Å². The summed E-state index contributed by atoms with van der Waals surface area (Å²) in [6.45, 7) is 1.47. The van der Waals surface area contributed by atoms with E-state index in [1.54, 1.807) is 12.1 Å². The third-order valence-electron chi connectivity index (χ3n) is 2.44. The SMILES string of the molecule is Cc1ccc2oc(C(=O)N(C)CC(=O)O)cc2n1. The van der Waals surface area contributed by atoms with Gasteiger partial charge in [0.1, 0.15) is 12.1 Å². The maximum absolute atomic E-state index is 11.9. The van der Waals surface area contributed by atoms with E-state index in [9.17, 15) is 9.59 Å². The first-order valence-electron chi connectivity index (χ1n) is 5.32. The lowest BCUT2D eigenvalue weighted by atomic mass is 10.3. The number of hydrogen-bond acceptors (Lipinski definition) is 4. The molecule has 2 aromatic heterocycles. The Balaban J connectivity index is 2.30. The van der Waals surface area contributed by atoms with Crippen LogP contribution in [0.3, 0.4) is 0 Å². The molecule has 2 heterocycles. The lowest BCUT2D eigenvalue weighted by Gasteiger charge is -2.11. The molecule has 1 amide bonds. The molecule has 0 radical (unpaired) electrons. The molecular formula is C12H12N2O4. The number of likely N-dealkylation sites (N-methyl/N-ethyl adjacent to an activating group) is 1. The highest BCUT2D eigenvalue weighted by atomic mass is 16.4. The molecule has 0 spiro atoms. The monoisotopic (exact) mass is 248 g/mol. The summed E-state index contributed by atoms with van der Waals surface area (Å²) in [5.74, 6) is -1.46. The van der Waals surface area contributed by atoms with Gasteiger partial charge in [-0.1, -0.05) is 0 Å². The van der Waals surface area contributed by atoms with Crippen LogP contribution in [0.25, 0.3) is 11.1 Å². The minimum absolute atomic E-state index is 0.0897. The normalized spacial score (nSPS) is 10.6. The first-order valence-corrected chi connectivity index (χ1v) is 5.32. The number of carboxylic acid groups (broad SMARTS) is 1. The predicted octanol–water partition coefficient (Wildman–Crippen LogP) is 1.29. The maximum atomic E-state index is 11.9. The van der Waals surface area contributed by atoms with Gasteiger partial charge in [-0.25, -0.2) is 4.98 Å². The Morgan fingerprint density at radius 2 is 2.17 bits per heavy atom. The molecule has 6 nitrogen and oxygen atoms in total. The third-order valence-corrected chi connectivity index (χ3v) is 2.44. The summed E-state index contributed by atoms with van der Waals surface area (Å²) in [6, 6.07) is 5.02. The van der Waals surface area contributed by atoms with Crippen molar-refractivity contribution in [2.45, 2.75) is 6.92 Å². The minimum atomic E-state index is -1.07. The average molecular weight is 248 g/mol. The van der Waals surface area contributed by atoms with Gasteiger partial charge in [0, 0.05) is 18.8 Å². The van der Waals surface area contributed by atoms with E-state index in [1.807, 2.05) is 6.92 Å². The van der Waals surface area contributed by atoms with E-state index in [2.05, 4.69) is 4.98 Å². The van der Waals surface area contributed by atoms with Crippen molar-refractivity contribution in [3.05, 3.63) is 29.7 Å². The van der Waals surface area contributed by atoms with Crippen molar-refractivity contribution in [1.82, 2.24) is 9.88 Å². The molecule has 0 aromatic carbocycles. The van der Waals surface area contributed by atoms with Crippen molar-refractivity contribution in [1.29, 1.82) is 0 Å². The Hall–Kier alpha value is -2.37. The number of carbonyl (C=O) groups excluding carboxylic acids is 1. The van der Waals surface area contributed by atoms with E-state index in [0.29, 0.717) is 11.1 Å². The maximum Gasteiger partial charge on any atom is 0.323 e. The number of nitrogens with zero attached hydrogens (tertiary/aromatic N) is 2. The second-order valence-electron chi connectivity index (χ2n) is 4.00. The van der Waals surface area contributed by atoms with Gasteiger partial charge in [0.05, 0.1) is 0 Å². The highest BCUT2D eigenvalue weighted by Gasteiger charge is 2.18. The quantitative estimate of drug-likeness (QED) is 0.884. The Labute approximate surface area is 103 Å². The van der Waals surface area contributed by atoms with Gasteiger partial charge in [-0.15, -0.1) is 0 Å². The number of furan rings is 1. The molecule has 1 N–H and O–H groups in total. The fourth-order valence-electron chi connectivity index (χ4n) is 1.59. The van der Waals surface area contributed by atoms with Crippen molar-refractivity contribution >= 4 is 23.0 Å². The summed E-state index contributed by atoms with van der Waals surface area (Å²) >= 11 is 0. The van der Waals surface area contributed by atoms with Gasteiger partial charge in [0.25, 0.3) is 5.91 Å². The van der Waals surface area contributed by atoms with Crippen molar-refractivity contribution in [2.24, 2.45) is 0 Å². The molecule has 0 saturated carbocycles. The van der Waals surface area contributed by atoms with Crippen molar-refractivity contribution in [3.63, 3.8) is 0 Å². The topological polar surface area (TPSA) is 83.6 Å². The molecule has 2 rings (SSSR count). The number of hydrogen-bond donors (Lipinski definition) is 1. The Bertz CT molecular complexity index is 618. The van der Waals surface area contributed by atoms with E-state index in [4.69, 9.17) is 9.52 Å². The summed E-state index contributed by atoms with van der Waals surface area (Å²) in [5.41, 5.74) is 1.91. The summed E-state index contributed by atoms with van der Waals surface area (Å²) in [4.78, 5) is 27.7. The number of aryl methyl sites for hydroxylation is 1. The second-order valence-corrected chi connectivity index (χ2v) is 4.00. The van der Waals surface area contributed by atoms with E-state index < -0.39 is 11.9 Å². The first kappa shape index (κ1) is 12.1. The van der Waals surface area contributed by atoms with Crippen molar-refractivity contribution < 1.29 is 19.1 Å². The molecule has 0 bridgehead atoms. The lowest BCUT2D eigenvalue weighted by Crippen LogP contribution is -2.31. The van der Waals surface area contributed by atoms with Crippen LogP contribution in [0.4, 0.5) is 0 Å². The number of aromatic nitrogens is 1. The van der Waals surface area contributed by atoms with E-state index in [1.165, 1.54) is 13.1 Å². The van der Waals surface area contributed by atoms with Crippen molar-refractivity contribution in [3.8, 4) is 0 Å². The summed E-state index contributed by atoms with van der Waals surface area (Å²) in [6.07, 6.45) is 0. The molecule has 0 fully saturated rings. The molecule has 18 heavy (non-hydrogen) atoms. The first-order chi connectivity index (χ1) is 8.47. The van der Waals surface area contributed by atoms with Crippen LogP contribution in [0.5, 0.6) is 0 Å². The number of carbonyl (C=O) groups is 2. The molecule has 0 saturated heterocycles. The van der Waals surface area contributed by atoms with Crippen LogP contribution in [-0.4, -0.2) is 40.5 Å². The Morgan fingerprint density at radius 1 is 1.44 bits per heavy atom. The molecule has 94 valence electrons. The van der Waals surface area contributed by atoms with E-state index in [0.717, 1.165) is 10.6 Å². The Kier molecular flexibility index (Phi) is 3.01. The third kappa shape index (κ3) is 2.32. The van der Waals surface area contributed by atoms with Crippen LogP contribution in [0.2, 0.25) is 0 Å². The average Bonchev–Trinajstić information content (AvgIpc) is 2.69. The molecule has 0 atom stereocenters. The minimum Gasteiger partial charge on any atom is -0.480 e. The molecule has 2 aromatic rings. The smallest absolute Gasteiger partial charge is 0.323 e. The van der Waals surface area contributed by atoms with Crippen molar-refractivity contribution in [2.75, 3.05) is 13.6 Å². The molecule has 0 unspecified atom stereocenters. The highest BCUT2D eigenvalue weighted by Crippen LogP contribution is 2.18. The number of aliphatic carboxylic acids is 1. The number of carboxylic acids is 1. The van der Waals surface area contributed by atoms with Gasteiger partial charge >= 0.3 is 5.97 Å². The fourth-order valence-corrected chi connectivity index (χ4v) is 1.59. The summed E-state index contributed by atoms with van der Waals surface area (Å²) < 4.78 is 5.34. The largest absolute Gasteiger partial charge is 0.480 e. The van der Waals surface area contributed by atoms with E-state index in [-0.39, 0.29) is 12.3 Å². The molecule has 0 aliphatic carbocycles. The van der Waals surface area contributed by atoms with Crippen LogP contribution in [0.1, 0.15) is 16.2 Å². The second kappa shape index (κ2) is 4.48. The number of pyridine rings is 1. The summed E-state index contributed by atoms with van der Waals surface area (Å²) in [5, 5.41) is 8.62. The van der Waals surface area contributed by atoms with Gasteiger partial charge in [0.2, 0.25) is 0 Å². The zero-order valence-electron chi connectivity index (χ0n) is 10.0. The van der Waals surface area contributed by atoms with Crippen LogP contribution < -0.4 is 0 Å². The van der Waals surface area contributed by atoms with Gasteiger partial charge in [-0.05, 0) is 19.1 Å². The van der Waals surface area contributed by atoms with Crippen LogP contribution in [0.15, 0.2) is 22.6 Å². The van der Waals surface area contributed by atoms with Crippen LogP contribution in [-0.2, 0) is 4.79 Å². The fraction of sp³-hybridized carbons (Fsp3) is 0.250. The van der Waals surface area contributed by atoms with Crippen LogP contribution in [0, 0.1) is 6.92 Å². The molecule has 0 aliphatic heterocycles. The van der Waals surface area contributed by atoms with E-state index >= 15 is 0 Å². The molecule has 0 aliphatic rings. The van der Waals surface area contributed by atoms with Gasteiger partial charge in [-0.2, -0.15) is 0 Å². The number of amides is 1. The zero-order chi connectivity index (χ0) is 13.3. The van der Waals surface area contributed by atoms with Gasteiger partial charge in [0.15, 0.2) is 11.3 Å². The lowest BCUT2D eigenvalue weighted by molar-refractivity contribution is -0.137. The van der Waals surface area contributed by atoms with Crippen LogP contribution >= 0.6 is 0 Å². The van der Waals surface area contributed by atoms with Gasteiger partial charge < -0.3 is 14.4 Å². The predicted molar refractivity (Wildman–Crippen MR) is 63.3 cm³/mol. The Morgan fingerprint density at radius 3 is 2.83 bits per heavy atom. The summed E-state index contributed by atoms with van der Waals surface area (Å²) in [7, 11) is 1.41.